The van der Waals surface area contributed by atoms with E-state index in [1.165, 1.54) is 0 Å². The molecular formula is C8H11N3. The van der Waals surface area contributed by atoms with Gasteiger partial charge < -0.3 is 0 Å². The van der Waals surface area contributed by atoms with Gasteiger partial charge in [0.2, 0.25) is 0 Å². The first-order chi connectivity index (χ1) is 5.38. The van der Waals surface area contributed by atoms with Crippen molar-refractivity contribution in [3.05, 3.63) is 23.5 Å². The summed E-state index contributed by atoms with van der Waals surface area (Å²) in [6.45, 7) is 4.46. The van der Waals surface area contributed by atoms with Crippen molar-refractivity contribution in [2.45, 2.75) is 13.8 Å². The van der Waals surface area contributed by atoms with Crippen LogP contribution in [0.25, 0.3) is 0 Å². The van der Waals surface area contributed by atoms with Crippen molar-refractivity contribution < 1.29 is 0 Å². The van der Waals surface area contributed by atoms with Gasteiger partial charge in [-0.05, 0) is 19.9 Å². The largest absolute Gasteiger partial charge is 0.262 e. The van der Waals surface area contributed by atoms with Crippen LogP contribution in [0, 0.1) is 0 Å². The Morgan fingerprint density at radius 2 is 2.27 bits per heavy atom. The minimum atomic E-state index is 0.615. The van der Waals surface area contributed by atoms with Gasteiger partial charge in [-0.1, -0.05) is 6.08 Å². The first-order valence-corrected chi connectivity index (χ1v) is 3.60. The number of hydrogen-bond donors (Lipinski definition) is 0. The average molecular weight is 149 g/mol. The number of aliphatic imine (C=N–C) groups is 1. The molecule has 0 bridgehead atoms. The molecule has 1 aliphatic rings. The molecule has 0 aromatic heterocycles. The van der Waals surface area contributed by atoms with Crippen LogP contribution in [0.1, 0.15) is 13.8 Å². The highest BCUT2D eigenvalue weighted by Crippen LogP contribution is 2.16. The van der Waals surface area contributed by atoms with E-state index < -0.39 is 0 Å². The lowest BCUT2D eigenvalue weighted by molar-refractivity contribution is 1.08. The van der Waals surface area contributed by atoms with Crippen LogP contribution in [0.2, 0.25) is 0 Å². The lowest BCUT2D eigenvalue weighted by atomic mass is 10.3. The Morgan fingerprint density at radius 3 is 2.91 bits per heavy atom. The number of hydrogen-bond acceptors (Lipinski definition) is 3. The van der Waals surface area contributed by atoms with Gasteiger partial charge in [0.05, 0.1) is 5.70 Å². The highest BCUT2D eigenvalue weighted by molar-refractivity contribution is 5.56. The molecular weight excluding hydrogens is 138 g/mol. The van der Waals surface area contributed by atoms with Crippen molar-refractivity contribution >= 4 is 6.21 Å². The molecule has 0 unspecified atom stereocenters. The third kappa shape index (κ3) is 1.83. The lowest BCUT2D eigenvalue weighted by Crippen LogP contribution is -1.82. The van der Waals surface area contributed by atoms with Gasteiger partial charge in [0.25, 0.3) is 0 Å². The van der Waals surface area contributed by atoms with Gasteiger partial charge in [0.15, 0.2) is 0 Å². The maximum Gasteiger partial charge on any atom is 0.108 e. The van der Waals surface area contributed by atoms with Crippen LogP contribution in [0.5, 0.6) is 0 Å². The summed E-state index contributed by atoms with van der Waals surface area (Å²) < 4.78 is 0. The Bertz CT molecular complexity index is 246. The SMILES string of the molecule is CC=NC1=C(/C=C\C)N=NC1. The molecule has 3 heteroatoms. The van der Waals surface area contributed by atoms with Gasteiger partial charge in [-0.2, -0.15) is 10.2 Å². The summed E-state index contributed by atoms with van der Waals surface area (Å²) in [5.74, 6) is 0. The van der Waals surface area contributed by atoms with Crippen molar-refractivity contribution in [1.29, 1.82) is 0 Å². The minimum Gasteiger partial charge on any atom is -0.262 e. The Morgan fingerprint density at radius 1 is 1.45 bits per heavy atom. The third-order valence-electron chi connectivity index (χ3n) is 1.30. The molecule has 0 aromatic rings. The van der Waals surface area contributed by atoms with Crippen molar-refractivity contribution in [1.82, 2.24) is 0 Å². The molecule has 0 N–H and O–H groups in total. The molecule has 0 saturated heterocycles. The van der Waals surface area contributed by atoms with Crippen LogP contribution in [0.15, 0.2) is 38.8 Å². The van der Waals surface area contributed by atoms with Crippen molar-refractivity contribution in [2.24, 2.45) is 15.2 Å². The molecule has 0 radical (unpaired) electrons. The smallest absolute Gasteiger partial charge is 0.108 e. The number of nitrogens with zero attached hydrogens (tertiary/aromatic N) is 3. The summed E-state index contributed by atoms with van der Waals surface area (Å²) in [6.07, 6.45) is 5.61. The van der Waals surface area contributed by atoms with Crippen LogP contribution >= 0.6 is 0 Å². The summed E-state index contributed by atoms with van der Waals surface area (Å²) in [4.78, 5) is 4.14. The van der Waals surface area contributed by atoms with E-state index in [1.54, 1.807) is 6.21 Å². The number of allylic oxidation sites excluding steroid dienone is 2. The van der Waals surface area contributed by atoms with Gasteiger partial charge in [-0.15, -0.1) is 0 Å². The number of rotatable bonds is 2. The zero-order valence-electron chi connectivity index (χ0n) is 6.78. The highest BCUT2D eigenvalue weighted by atomic mass is 15.2. The van der Waals surface area contributed by atoms with E-state index in [9.17, 15) is 0 Å². The van der Waals surface area contributed by atoms with Crippen LogP contribution in [-0.4, -0.2) is 12.8 Å². The second kappa shape index (κ2) is 3.81. The fourth-order valence-corrected chi connectivity index (χ4v) is 0.867. The topological polar surface area (TPSA) is 37.1 Å². The van der Waals surface area contributed by atoms with Crippen LogP contribution in [0.3, 0.4) is 0 Å². The fourth-order valence-electron chi connectivity index (χ4n) is 0.867. The molecule has 0 atom stereocenters. The zero-order valence-corrected chi connectivity index (χ0v) is 6.78. The van der Waals surface area contributed by atoms with Gasteiger partial charge in [-0.3, -0.25) is 4.99 Å². The van der Waals surface area contributed by atoms with Gasteiger partial charge in [0.1, 0.15) is 12.2 Å². The van der Waals surface area contributed by atoms with E-state index in [-0.39, 0.29) is 0 Å². The van der Waals surface area contributed by atoms with E-state index in [0.29, 0.717) is 6.54 Å². The molecule has 1 rings (SSSR count). The second-order valence-electron chi connectivity index (χ2n) is 2.12. The van der Waals surface area contributed by atoms with Crippen LogP contribution in [0.4, 0.5) is 0 Å². The third-order valence-corrected chi connectivity index (χ3v) is 1.30. The summed E-state index contributed by atoms with van der Waals surface area (Å²) in [5, 5.41) is 7.80. The first kappa shape index (κ1) is 7.85. The average Bonchev–Trinajstić information content (AvgIpc) is 2.39. The second-order valence-corrected chi connectivity index (χ2v) is 2.12. The molecule has 1 aliphatic heterocycles. The monoisotopic (exact) mass is 149 g/mol. The quantitative estimate of drug-likeness (QED) is 0.540. The summed E-state index contributed by atoms with van der Waals surface area (Å²) in [6, 6.07) is 0. The highest BCUT2D eigenvalue weighted by Gasteiger charge is 2.06. The van der Waals surface area contributed by atoms with Crippen LogP contribution < -0.4 is 0 Å². The molecule has 0 saturated carbocycles. The van der Waals surface area contributed by atoms with Gasteiger partial charge in [-0.25, -0.2) is 0 Å². The molecule has 0 spiro atoms. The van der Waals surface area contributed by atoms with E-state index in [0.717, 1.165) is 11.4 Å². The Labute approximate surface area is 66.3 Å². The lowest BCUT2D eigenvalue weighted by Gasteiger charge is -1.89. The van der Waals surface area contributed by atoms with E-state index in [1.807, 2.05) is 26.0 Å². The van der Waals surface area contributed by atoms with Gasteiger partial charge in [0, 0.05) is 6.21 Å². The predicted molar refractivity (Wildman–Crippen MR) is 45.7 cm³/mol. The normalized spacial score (nSPS) is 18.0. The molecule has 58 valence electrons. The molecule has 0 amide bonds. The van der Waals surface area contributed by atoms with Crippen molar-refractivity contribution in [3.8, 4) is 0 Å². The molecule has 3 nitrogen and oxygen atoms in total. The zero-order chi connectivity index (χ0) is 8.10. The summed E-state index contributed by atoms with van der Waals surface area (Å²) >= 11 is 0. The van der Waals surface area contributed by atoms with Gasteiger partial charge >= 0.3 is 0 Å². The Hall–Kier alpha value is -1.25. The first-order valence-electron chi connectivity index (χ1n) is 3.60. The molecule has 0 fully saturated rings. The van der Waals surface area contributed by atoms with E-state index in [4.69, 9.17) is 0 Å². The maximum atomic E-state index is 4.14. The Kier molecular flexibility index (Phi) is 2.72. The van der Waals surface area contributed by atoms with E-state index in [2.05, 4.69) is 15.2 Å². The fraction of sp³-hybridized carbons (Fsp3) is 0.375. The molecule has 1 heterocycles. The Balaban J connectivity index is 2.83. The maximum absolute atomic E-state index is 4.14. The van der Waals surface area contributed by atoms with Crippen LogP contribution in [-0.2, 0) is 0 Å². The summed E-state index contributed by atoms with van der Waals surface area (Å²) in [7, 11) is 0. The molecule has 0 aliphatic carbocycles. The summed E-state index contributed by atoms with van der Waals surface area (Å²) in [5.41, 5.74) is 1.83. The predicted octanol–water partition coefficient (Wildman–Crippen LogP) is 2.33. The van der Waals surface area contributed by atoms with E-state index >= 15 is 0 Å². The van der Waals surface area contributed by atoms with Crippen molar-refractivity contribution in [3.63, 3.8) is 0 Å². The minimum absolute atomic E-state index is 0.615. The molecule has 11 heavy (non-hydrogen) atoms. The van der Waals surface area contributed by atoms with Crippen molar-refractivity contribution in [2.75, 3.05) is 6.54 Å². The number of azo groups is 1. The standard InChI is InChI=1S/C8H11N3/c1-3-5-7-8(9-4-2)6-10-11-7/h3-5H,6H2,1-2H3/b5-3-,9-4?. The molecule has 0 aromatic carbocycles.